The van der Waals surface area contributed by atoms with E-state index in [9.17, 15) is 9.90 Å². The summed E-state index contributed by atoms with van der Waals surface area (Å²) in [5.74, 6) is -0.337. The molecule has 19 heavy (non-hydrogen) atoms. The summed E-state index contributed by atoms with van der Waals surface area (Å²) >= 11 is 0. The zero-order valence-corrected chi connectivity index (χ0v) is 11.5. The number of ether oxygens (including phenoxy) is 1. The molecule has 0 saturated carbocycles. The smallest absolute Gasteiger partial charge is 0.328 e. The predicted octanol–water partition coefficient (Wildman–Crippen LogP) is 1.92. The van der Waals surface area contributed by atoms with Crippen LogP contribution in [0.25, 0.3) is 0 Å². The van der Waals surface area contributed by atoms with E-state index in [1.807, 2.05) is 25.1 Å². The van der Waals surface area contributed by atoms with E-state index in [0.717, 1.165) is 25.9 Å². The van der Waals surface area contributed by atoms with Gasteiger partial charge < -0.3 is 9.84 Å². The van der Waals surface area contributed by atoms with Crippen molar-refractivity contribution in [2.45, 2.75) is 45.1 Å². The van der Waals surface area contributed by atoms with Crippen LogP contribution in [0.2, 0.25) is 0 Å². The Labute approximate surface area is 114 Å². The van der Waals surface area contributed by atoms with Crippen LogP contribution in [0.1, 0.15) is 32.3 Å². The van der Waals surface area contributed by atoms with Crippen LogP contribution >= 0.6 is 0 Å². The van der Waals surface area contributed by atoms with E-state index in [1.54, 1.807) is 0 Å². The van der Waals surface area contributed by atoms with Gasteiger partial charge in [0.2, 0.25) is 0 Å². The first-order chi connectivity index (χ1) is 9.02. The van der Waals surface area contributed by atoms with Crippen molar-refractivity contribution in [2.24, 2.45) is 0 Å². The summed E-state index contributed by atoms with van der Waals surface area (Å²) in [6, 6.07) is 10.1. The second-order valence-corrected chi connectivity index (χ2v) is 5.29. The molecule has 2 rings (SSSR count). The third-order valence-corrected chi connectivity index (χ3v) is 3.72. The molecule has 104 valence electrons. The van der Waals surface area contributed by atoms with Gasteiger partial charge >= 0.3 is 5.97 Å². The van der Waals surface area contributed by atoms with E-state index in [2.05, 4.69) is 17.0 Å². The monoisotopic (exact) mass is 263 g/mol. The SMILES string of the molecule is CC(O)OC(=O)C1(C)CCCN1Cc1ccccc1. The number of aliphatic hydroxyl groups excluding tert-OH is 1. The standard InChI is InChI=1S/C15H21NO3/c1-12(17)19-14(18)15(2)9-6-10-16(15)11-13-7-4-3-5-8-13/h3-5,7-8,12,17H,6,9-11H2,1-2H3. The second kappa shape index (κ2) is 5.72. The average Bonchev–Trinajstić information content (AvgIpc) is 2.73. The van der Waals surface area contributed by atoms with Crippen molar-refractivity contribution < 1.29 is 14.6 Å². The molecule has 1 aromatic rings. The molecule has 0 amide bonds. The molecule has 1 saturated heterocycles. The van der Waals surface area contributed by atoms with Gasteiger partial charge in [-0.05, 0) is 38.8 Å². The van der Waals surface area contributed by atoms with Crippen LogP contribution in [0.4, 0.5) is 0 Å². The predicted molar refractivity (Wildman–Crippen MR) is 72.3 cm³/mol. The highest BCUT2D eigenvalue weighted by atomic mass is 16.6. The van der Waals surface area contributed by atoms with Crippen LogP contribution in [0.15, 0.2) is 30.3 Å². The zero-order chi connectivity index (χ0) is 13.9. The van der Waals surface area contributed by atoms with Crippen molar-refractivity contribution in [3.8, 4) is 0 Å². The third kappa shape index (κ3) is 3.14. The number of rotatable bonds is 4. The minimum Gasteiger partial charge on any atom is -0.435 e. The Morgan fingerprint density at radius 1 is 1.47 bits per heavy atom. The number of carbonyl (C=O) groups is 1. The topological polar surface area (TPSA) is 49.8 Å². The number of carbonyl (C=O) groups excluding carboxylic acids is 1. The van der Waals surface area contributed by atoms with Crippen LogP contribution in [-0.2, 0) is 16.1 Å². The van der Waals surface area contributed by atoms with Crippen molar-refractivity contribution in [2.75, 3.05) is 6.54 Å². The fourth-order valence-corrected chi connectivity index (χ4v) is 2.59. The van der Waals surface area contributed by atoms with Gasteiger partial charge in [-0.2, -0.15) is 0 Å². The van der Waals surface area contributed by atoms with E-state index in [4.69, 9.17) is 4.74 Å². The van der Waals surface area contributed by atoms with Gasteiger partial charge in [-0.3, -0.25) is 4.90 Å². The van der Waals surface area contributed by atoms with Crippen LogP contribution < -0.4 is 0 Å². The Morgan fingerprint density at radius 3 is 2.79 bits per heavy atom. The number of nitrogens with zero attached hydrogens (tertiary/aromatic N) is 1. The number of aliphatic hydroxyl groups is 1. The first-order valence-electron chi connectivity index (χ1n) is 6.70. The molecular weight excluding hydrogens is 242 g/mol. The van der Waals surface area contributed by atoms with Gasteiger partial charge in [-0.1, -0.05) is 30.3 Å². The van der Waals surface area contributed by atoms with Crippen molar-refractivity contribution in [3.63, 3.8) is 0 Å². The van der Waals surface area contributed by atoms with Gasteiger partial charge in [-0.25, -0.2) is 4.79 Å². The summed E-state index contributed by atoms with van der Waals surface area (Å²) < 4.78 is 4.98. The summed E-state index contributed by atoms with van der Waals surface area (Å²) in [6.07, 6.45) is 0.687. The quantitative estimate of drug-likeness (QED) is 0.666. The molecule has 1 aliphatic heterocycles. The summed E-state index contributed by atoms with van der Waals surface area (Å²) in [5, 5.41) is 9.21. The lowest BCUT2D eigenvalue weighted by atomic mass is 9.98. The number of hydrogen-bond donors (Lipinski definition) is 1. The van der Waals surface area contributed by atoms with Gasteiger partial charge in [0, 0.05) is 6.54 Å². The minimum atomic E-state index is -1.05. The van der Waals surface area contributed by atoms with Gasteiger partial charge in [0.25, 0.3) is 0 Å². The molecule has 1 N–H and O–H groups in total. The number of benzene rings is 1. The number of esters is 1. The van der Waals surface area contributed by atoms with Gasteiger partial charge in [0.15, 0.2) is 6.29 Å². The highest BCUT2D eigenvalue weighted by Gasteiger charge is 2.44. The summed E-state index contributed by atoms with van der Waals surface area (Å²) in [5.41, 5.74) is 0.549. The molecule has 0 bridgehead atoms. The van der Waals surface area contributed by atoms with Crippen molar-refractivity contribution in [1.82, 2.24) is 4.90 Å². The molecule has 1 fully saturated rings. The van der Waals surface area contributed by atoms with E-state index in [-0.39, 0.29) is 5.97 Å². The third-order valence-electron chi connectivity index (χ3n) is 3.72. The lowest BCUT2D eigenvalue weighted by Gasteiger charge is -2.33. The van der Waals surface area contributed by atoms with Crippen molar-refractivity contribution in [1.29, 1.82) is 0 Å². The Hall–Kier alpha value is -1.39. The fourth-order valence-electron chi connectivity index (χ4n) is 2.59. The maximum absolute atomic E-state index is 12.2. The maximum atomic E-state index is 12.2. The van der Waals surface area contributed by atoms with E-state index in [0.29, 0.717) is 0 Å². The Bertz CT molecular complexity index is 432. The highest BCUT2D eigenvalue weighted by Crippen LogP contribution is 2.32. The van der Waals surface area contributed by atoms with Crippen LogP contribution in [0.3, 0.4) is 0 Å². The highest BCUT2D eigenvalue weighted by molar-refractivity contribution is 5.80. The molecule has 0 aliphatic carbocycles. The van der Waals surface area contributed by atoms with E-state index < -0.39 is 11.8 Å². The molecule has 2 atom stereocenters. The maximum Gasteiger partial charge on any atom is 0.328 e. The lowest BCUT2D eigenvalue weighted by Crippen LogP contribution is -2.49. The molecule has 1 heterocycles. The number of hydrogen-bond acceptors (Lipinski definition) is 4. The van der Waals surface area contributed by atoms with Crippen LogP contribution in [0.5, 0.6) is 0 Å². The van der Waals surface area contributed by atoms with E-state index >= 15 is 0 Å². The average molecular weight is 263 g/mol. The first-order valence-corrected chi connectivity index (χ1v) is 6.70. The Kier molecular flexibility index (Phi) is 4.22. The Morgan fingerprint density at radius 2 is 2.16 bits per heavy atom. The molecule has 0 spiro atoms. The molecular formula is C15H21NO3. The fraction of sp³-hybridized carbons (Fsp3) is 0.533. The van der Waals surface area contributed by atoms with Gasteiger partial charge in [0.1, 0.15) is 5.54 Å². The minimum absolute atomic E-state index is 0.337. The molecule has 1 aliphatic rings. The summed E-state index contributed by atoms with van der Waals surface area (Å²) in [4.78, 5) is 14.3. The second-order valence-electron chi connectivity index (χ2n) is 5.29. The van der Waals surface area contributed by atoms with Crippen molar-refractivity contribution >= 4 is 5.97 Å². The Balaban J connectivity index is 2.09. The molecule has 4 heteroatoms. The molecule has 4 nitrogen and oxygen atoms in total. The van der Waals surface area contributed by atoms with Crippen molar-refractivity contribution in [3.05, 3.63) is 35.9 Å². The zero-order valence-electron chi connectivity index (χ0n) is 11.5. The summed E-state index contributed by atoms with van der Waals surface area (Å²) in [7, 11) is 0. The molecule has 1 aromatic carbocycles. The molecule has 2 unspecified atom stereocenters. The van der Waals surface area contributed by atoms with Crippen LogP contribution in [-0.4, -0.2) is 34.3 Å². The largest absolute Gasteiger partial charge is 0.435 e. The molecule has 0 radical (unpaired) electrons. The lowest BCUT2D eigenvalue weighted by molar-refractivity contribution is -0.177. The first kappa shape index (κ1) is 14.0. The van der Waals surface area contributed by atoms with Gasteiger partial charge in [0.05, 0.1) is 0 Å². The number of likely N-dealkylation sites (tertiary alicyclic amines) is 1. The summed E-state index contributed by atoms with van der Waals surface area (Å²) in [6.45, 7) is 4.96. The molecule has 0 aromatic heterocycles. The van der Waals surface area contributed by atoms with Gasteiger partial charge in [-0.15, -0.1) is 0 Å². The normalized spacial score (nSPS) is 25.2. The van der Waals surface area contributed by atoms with E-state index in [1.165, 1.54) is 12.5 Å². The van der Waals surface area contributed by atoms with Crippen LogP contribution in [0, 0.1) is 0 Å².